The summed E-state index contributed by atoms with van der Waals surface area (Å²) < 4.78 is 18.7. The molecular weight excluding hydrogens is 493 g/mol. The Labute approximate surface area is 230 Å². The predicted molar refractivity (Wildman–Crippen MR) is 143 cm³/mol. The smallest absolute Gasteiger partial charge is 0.258 e. The van der Waals surface area contributed by atoms with Gasteiger partial charge in [0.2, 0.25) is 0 Å². The SMILES string of the molecule is C[C@@H]1C(=O)C(C#N)=C[C@]2(C)C3=CC(=O)[C@@H]4[C@@H]5CC(C)(C)CC[C@]5(c5noc(CF)n5)CC[C@@]4(C)[C@]3(C)CC[C@@H]12. The first-order valence-electron chi connectivity index (χ1n) is 14.6. The second-order valence-electron chi connectivity index (χ2n) is 14.7. The van der Waals surface area contributed by atoms with Crippen molar-refractivity contribution < 1.29 is 18.5 Å². The molecule has 0 bridgehead atoms. The lowest BCUT2D eigenvalue weighted by molar-refractivity contribution is -0.158. The lowest BCUT2D eigenvalue weighted by atomic mass is 9.35. The summed E-state index contributed by atoms with van der Waals surface area (Å²) in [6.07, 6.45) is 9.97. The number of carbonyl (C=O) groups is 2. The molecule has 39 heavy (non-hydrogen) atoms. The van der Waals surface area contributed by atoms with Crippen LogP contribution >= 0.6 is 0 Å². The van der Waals surface area contributed by atoms with Crippen molar-refractivity contribution >= 4 is 11.6 Å². The van der Waals surface area contributed by atoms with Crippen molar-refractivity contribution in [1.29, 1.82) is 5.26 Å². The molecule has 0 radical (unpaired) electrons. The van der Waals surface area contributed by atoms with Crippen molar-refractivity contribution in [3.8, 4) is 6.07 Å². The molecule has 1 heterocycles. The van der Waals surface area contributed by atoms with E-state index in [1.54, 1.807) is 0 Å². The third-order valence-corrected chi connectivity index (χ3v) is 12.5. The van der Waals surface area contributed by atoms with Gasteiger partial charge in [-0.25, -0.2) is 4.39 Å². The molecular formula is C32H40FN3O3. The number of allylic oxidation sites excluding steroid dienone is 4. The van der Waals surface area contributed by atoms with E-state index in [1.165, 1.54) is 0 Å². The summed E-state index contributed by atoms with van der Waals surface area (Å²) in [6.45, 7) is 12.5. The maximum atomic E-state index is 14.5. The molecule has 0 aromatic carbocycles. The first kappa shape index (κ1) is 26.6. The number of hydrogen-bond acceptors (Lipinski definition) is 6. The molecule has 1 aromatic rings. The van der Waals surface area contributed by atoms with Crippen LogP contribution in [0.3, 0.4) is 0 Å². The van der Waals surface area contributed by atoms with E-state index in [9.17, 15) is 19.2 Å². The summed E-state index contributed by atoms with van der Waals surface area (Å²) in [4.78, 5) is 31.9. The van der Waals surface area contributed by atoms with Crippen LogP contribution < -0.4 is 0 Å². The number of Topliss-reactive ketones (excluding diaryl/α,β-unsaturated/α-hetero) is 1. The van der Waals surface area contributed by atoms with Gasteiger partial charge in [0.25, 0.3) is 5.89 Å². The van der Waals surface area contributed by atoms with Crippen molar-refractivity contribution in [1.82, 2.24) is 10.1 Å². The third kappa shape index (κ3) is 3.29. The van der Waals surface area contributed by atoms with Crippen LogP contribution in [0.1, 0.15) is 98.2 Å². The van der Waals surface area contributed by atoms with Gasteiger partial charge in [0, 0.05) is 22.7 Å². The van der Waals surface area contributed by atoms with E-state index >= 15 is 0 Å². The van der Waals surface area contributed by atoms with Crippen LogP contribution in [-0.2, 0) is 21.7 Å². The largest absolute Gasteiger partial charge is 0.336 e. The zero-order valence-corrected chi connectivity index (χ0v) is 24.1. The Balaban J connectivity index is 1.52. The highest BCUT2D eigenvalue weighted by Gasteiger charge is 2.69. The van der Waals surface area contributed by atoms with Gasteiger partial charge in [0.05, 0.1) is 5.57 Å². The Kier molecular flexibility index (Phi) is 5.60. The molecule has 1 aromatic heterocycles. The van der Waals surface area contributed by atoms with Crippen LogP contribution in [0.4, 0.5) is 4.39 Å². The minimum Gasteiger partial charge on any atom is -0.336 e. The maximum absolute atomic E-state index is 14.5. The highest BCUT2D eigenvalue weighted by Crippen LogP contribution is 2.73. The van der Waals surface area contributed by atoms with Crippen molar-refractivity contribution in [2.75, 3.05) is 0 Å². The fourth-order valence-electron chi connectivity index (χ4n) is 10.2. The number of fused-ring (bicyclic) bond motifs is 7. The maximum Gasteiger partial charge on any atom is 0.258 e. The topological polar surface area (TPSA) is 96.8 Å². The molecule has 3 saturated carbocycles. The van der Waals surface area contributed by atoms with Crippen LogP contribution in [0.25, 0.3) is 0 Å². The molecule has 8 atom stereocenters. The lowest BCUT2D eigenvalue weighted by Gasteiger charge is -2.68. The number of halogens is 1. The van der Waals surface area contributed by atoms with Crippen molar-refractivity contribution in [2.24, 2.45) is 45.3 Å². The van der Waals surface area contributed by atoms with E-state index in [1.807, 2.05) is 19.1 Å². The highest BCUT2D eigenvalue weighted by atomic mass is 19.1. The van der Waals surface area contributed by atoms with Gasteiger partial charge < -0.3 is 4.52 Å². The normalized spacial score (nSPS) is 44.7. The Hall–Kier alpha value is -2.62. The Morgan fingerprint density at radius 1 is 1.08 bits per heavy atom. The monoisotopic (exact) mass is 533 g/mol. The third-order valence-electron chi connectivity index (χ3n) is 12.5. The number of nitrogens with zero attached hydrogens (tertiary/aromatic N) is 3. The molecule has 208 valence electrons. The van der Waals surface area contributed by atoms with E-state index in [2.05, 4.69) is 50.8 Å². The summed E-state index contributed by atoms with van der Waals surface area (Å²) in [6, 6.07) is 2.15. The zero-order chi connectivity index (χ0) is 28.2. The number of aromatic nitrogens is 2. The van der Waals surface area contributed by atoms with Crippen LogP contribution in [0.5, 0.6) is 0 Å². The number of rotatable bonds is 2. The molecule has 0 amide bonds. The number of ketones is 2. The minimum absolute atomic E-state index is 0.00713. The fraction of sp³-hybridized carbons (Fsp3) is 0.719. The molecule has 7 heteroatoms. The van der Waals surface area contributed by atoms with E-state index < -0.39 is 17.5 Å². The van der Waals surface area contributed by atoms with Gasteiger partial charge in [-0.3, -0.25) is 9.59 Å². The second-order valence-corrected chi connectivity index (χ2v) is 14.7. The summed E-state index contributed by atoms with van der Waals surface area (Å²) in [5, 5.41) is 14.1. The van der Waals surface area contributed by atoms with Gasteiger partial charge >= 0.3 is 0 Å². The molecule has 6 rings (SSSR count). The fourth-order valence-corrected chi connectivity index (χ4v) is 10.2. The van der Waals surface area contributed by atoms with E-state index in [0.717, 1.165) is 50.5 Å². The van der Waals surface area contributed by atoms with Crippen molar-refractivity contribution in [3.05, 3.63) is 35.0 Å². The Bertz CT molecular complexity index is 1370. The molecule has 0 aliphatic heterocycles. The standard InChI is InChI=1S/C32H40FN3O3/c1-18-20-7-8-30(5)23(29(20,4)14-19(17-34)26(18)38)13-22(37)25-21-15-28(2,3)9-11-32(21,12-10-31(25,30)6)27-35-24(16-33)39-36-27/h13-14,18,20-21,25H,7-12,15-16H2,1-6H3/t18-,20-,21-,25-,29-,30+,31+,32-/m0/s1. The molecule has 0 spiro atoms. The van der Waals surface area contributed by atoms with Crippen LogP contribution in [0.2, 0.25) is 0 Å². The highest BCUT2D eigenvalue weighted by molar-refractivity contribution is 6.02. The van der Waals surface area contributed by atoms with Crippen LogP contribution in [0.15, 0.2) is 27.8 Å². The van der Waals surface area contributed by atoms with Gasteiger partial charge in [0.15, 0.2) is 24.1 Å². The lowest BCUT2D eigenvalue weighted by Crippen LogP contribution is -2.65. The second kappa shape index (κ2) is 8.21. The Morgan fingerprint density at radius 2 is 1.79 bits per heavy atom. The first-order chi connectivity index (χ1) is 18.3. The summed E-state index contributed by atoms with van der Waals surface area (Å²) in [7, 11) is 0. The van der Waals surface area contributed by atoms with Gasteiger partial charge in [-0.15, -0.1) is 0 Å². The Morgan fingerprint density at radius 3 is 2.46 bits per heavy atom. The van der Waals surface area contributed by atoms with Crippen LogP contribution in [0, 0.1) is 56.7 Å². The summed E-state index contributed by atoms with van der Waals surface area (Å²) in [5.74, 6) is 0.282. The van der Waals surface area contributed by atoms with E-state index in [0.29, 0.717) is 5.82 Å². The first-order valence-corrected chi connectivity index (χ1v) is 14.6. The number of carbonyl (C=O) groups excluding carboxylic acids is 2. The van der Waals surface area contributed by atoms with Gasteiger partial charge in [-0.05, 0) is 79.1 Å². The molecule has 3 fully saturated rings. The quantitative estimate of drug-likeness (QED) is 0.424. The van der Waals surface area contributed by atoms with Gasteiger partial charge in [0.1, 0.15) is 6.07 Å². The summed E-state index contributed by atoms with van der Waals surface area (Å²) >= 11 is 0. The van der Waals surface area contributed by atoms with Gasteiger partial charge in [-0.1, -0.05) is 58.3 Å². The molecule has 0 saturated heterocycles. The molecule has 5 aliphatic carbocycles. The molecule has 5 aliphatic rings. The number of nitriles is 1. The predicted octanol–water partition coefficient (Wildman–Crippen LogP) is 6.62. The van der Waals surface area contributed by atoms with E-state index in [4.69, 9.17) is 4.52 Å². The molecule has 0 unspecified atom stereocenters. The molecule has 6 nitrogen and oxygen atoms in total. The van der Waals surface area contributed by atoms with Crippen LogP contribution in [-0.4, -0.2) is 21.7 Å². The molecule has 0 N–H and O–H groups in total. The minimum atomic E-state index is -0.789. The summed E-state index contributed by atoms with van der Waals surface area (Å²) in [5.41, 5.74) is -0.0941. The zero-order valence-electron chi connectivity index (χ0n) is 24.1. The number of alkyl halides is 1. The average molecular weight is 534 g/mol. The van der Waals surface area contributed by atoms with Crippen molar-refractivity contribution in [3.63, 3.8) is 0 Å². The van der Waals surface area contributed by atoms with Crippen molar-refractivity contribution in [2.45, 2.75) is 98.6 Å². The van der Waals surface area contributed by atoms with Gasteiger partial charge in [-0.2, -0.15) is 10.2 Å². The average Bonchev–Trinajstić information content (AvgIpc) is 3.37. The van der Waals surface area contributed by atoms with E-state index in [-0.39, 0.29) is 62.9 Å². The number of hydrogen-bond donors (Lipinski definition) is 0.